The smallest absolute Gasteiger partial charge is 0.128 e. The molecule has 0 aliphatic rings. The molecule has 72 valence electrons. The number of aryl methyl sites for hydroxylation is 1. The molecule has 0 saturated carbocycles. The maximum Gasteiger partial charge on any atom is 0.128 e. The second-order valence-corrected chi connectivity index (χ2v) is 3.52. The highest BCUT2D eigenvalue weighted by Crippen LogP contribution is 2.07. The molecule has 0 radical (unpaired) electrons. The van der Waals surface area contributed by atoms with Crippen LogP contribution in [0.4, 0.5) is 0 Å². The Hall–Kier alpha value is -0.960. The number of hydrogen-bond donors (Lipinski definition) is 1. The van der Waals surface area contributed by atoms with Crippen molar-refractivity contribution in [2.24, 2.45) is 5.92 Å². The predicted molar refractivity (Wildman–Crippen MR) is 51.2 cm³/mol. The minimum atomic E-state index is -0.246. The summed E-state index contributed by atoms with van der Waals surface area (Å²) in [5, 5.41) is 9.53. The number of hydrogen-bond acceptors (Lipinski definition) is 3. The van der Waals surface area contributed by atoms with Crippen molar-refractivity contribution in [2.45, 2.75) is 32.8 Å². The Bertz CT molecular complexity index is 236. The first-order valence-corrected chi connectivity index (χ1v) is 4.64. The lowest BCUT2D eigenvalue weighted by Gasteiger charge is -2.12. The lowest BCUT2D eigenvalue weighted by Crippen LogP contribution is -2.15. The van der Waals surface area contributed by atoms with Gasteiger partial charge in [0.1, 0.15) is 5.82 Å². The van der Waals surface area contributed by atoms with Gasteiger partial charge in [-0.3, -0.25) is 0 Å². The summed E-state index contributed by atoms with van der Waals surface area (Å²) in [6.45, 7) is 4.02. The zero-order valence-corrected chi connectivity index (χ0v) is 8.14. The van der Waals surface area contributed by atoms with Crippen LogP contribution < -0.4 is 0 Å². The van der Waals surface area contributed by atoms with Gasteiger partial charge in [-0.05, 0) is 18.4 Å². The summed E-state index contributed by atoms with van der Waals surface area (Å²) < 4.78 is 0. The monoisotopic (exact) mass is 180 g/mol. The summed E-state index contributed by atoms with van der Waals surface area (Å²) >= 11 is 0. The van der Waals surface area contributed by atoms with Crippen molar-refractivity contribution in [1.29, 1.82) is 0 Å². The molecular formula is C10H16N2O. The Balaban J connectivity index is 2.35. The summed E-state index contributed by atoms with van der Waals surface area (Å²) in [7, 11) is 0. The molecule has 3 nitrogen and oxygen atoms in total. The van der Waals surface area contributed by atoms with Crippen LogP contribution in [0.15, 0.2) is 18.5 Å². The molecule has 1 unspecified atom stereocenters. The van der Waals surface area contributed by atoms with Crippen molar-refractivity contribution < 1.29 is 5.11 Å². The first-order chi connectivity index (χ1) is 6.20. The van der Waals surface area contributed by atoms with Gasteiger partial charge in [0.25, 0.3) is 0 Å². The van der Waals surface area contributed by atoms with E-state index in [0.29, 0.717) is 5.92 Å². The van der Waals surface area contributed by atoms with E-state index < -0.39 is 0 Å². The van der Waals surface area contributed by atoms with Crippen molar-refractivity contribution >= 4 is 0 Å². The van der Waals surface area contributed by atoms with Crippen LogP contribution >= 0.6 is 0 Å². The standard InChI is InChI=1S/C10H16N2O/c1-8(2)9(13)4-5-10-11-6-3-7-12-10/h3,6-9,13H,4-5H2,1-2H3. The molecule has 1 aromatic heterocycles. The van der Waals surface area contributed by atoms with E-state index in [1.807, 2.05) is 13.8 Å². The summed E-state index contributed by atoms with van der Waals surface area (Å²) in [5.74, 6) is 1.12. The van der Waals surface area contributed by atoms with Gasteiger partial charge in [-0.2, -0.15) is 0 Å². The van der Waals surface area contributed by atoms with Gasteiger partial charge in [-0.25, -0.2) is 9.97 Å². The van der Waals surface area contributed by atoms with E-state index >= 15 is 0 Å². The maximum atomic E-state index is 9.53. The molecule has 3 heteroatoms. The zero-order valence-electron chi connectivity index (χ0n) is 8.14. The van der Waals surface area contributed by atoms with Crippen molar-refractivity contribution in [1.82, 2.24) is 9.97 Å². The van der Waals surface area contributed by atoms with E-state index in [1.54, 1.807) is 18.5 Å². The zero-order chi connectivity index (χ0) is 9.68. The van der Waals surface area contributed by atoms with Crippen LogP contribution in [0.5, 0.6) is 0 Å². The van der Waals surface area contributed by atoms with Gasteiger partial charge >= 0.3 is 0 Å². The van der Waals surface area contributed by atoms with Gasteiger partial charge in [0, 0.05) is 18.8 Å². The highest BCUT2D eigenvalue weighted by atomic mass is 16.3. The van der Waals surface area contributed by atoms with Gasteiger partial charge in [-0.15, -0.1) is 0 Å². The second-order valence-electron chi connectivity index (χ2n) is 3.52. The van der Waals surface area contributed by atoms with Gasteiger partial charge < -0.3 is 5.11 Å². The van der Waals surface area contributed by atoms with Crippen LogP contribution in [-0.2, 0) is 6.42 Å². The average Bonchev–Trinajstić information content (AvgIpc) is 2.15. The molecule has 0 bridgehead atoms. The van der Waals surface area contributed by atoms with Crippen molar-refractivity contribution in [2.75, 3.05) is 0 Å². The van der Waals surface area contributed by atoms with Gasteiger partial charge in [-0.1, -0.05) is 13.8 Å². The van der Waals surface area contributed by atoms with Crippen LogP contribution in [0.3, 0.4) is 0 Å². The molecule has 0 saturated heterocycles. The normalized spacial score (nSPS) is 13.2. The molecule has 0 aromatic carbocycles. The second kappa shape index (κ2) is 4.92. The Morgan fingerprint density at radius 2 is 1.92 bits per heavy atom. The number of aliphatic hydroxyl groups excluding tert-OH is 1. The van der Waals surface area contributed by atoms with Crippen LogP contribution in [0, 0.1) is 5.92 Å². The predicted octanol–water partition coefficient (Wildman–Crippen LogP) is 1.43. The lowest BCUT2D eigenvalue weighted by atomic mass is 10.0. The highest BCUT2D eigenvalue weighted by molar-refractivity contribution is 4.88. The molecule has 1 aromatic rings. The summed E-state index contributed by atoms with van der Waals surface area (Å²) in [4.78, 5) is 8.18. The molecule has 0 aliphatic carbocycles. The molecule has 0 aliphatic heterocycles. The van der Waals surface area contributed by atoms with Gasteiger partial charge in [0.15, 0.2) is 0 Å². The van der Waals surface area contributed by atoms with E-state index in [0.717, 1.165) is 18.7 Å². The quantitative estimate of drug-likeness (QED) is 0.762. The fraction of sp³-hybridized carbons (Fsp3) is 0.600. The van der Waals surface area contributed by atoms with E-state index in [9.17, 15) is 5.11 Å². The summed E-state index contributed by atoms with van der Waals surface area (Å²) in [6.07, 6.45) is 4.69. The third kappa shape index (κ3) is 3.51. The highest BCUT2D eigenvalue weighted by Gasteiger charge is 2.09. The molecule has 0 spiro atoms. The minimum absolute atomic E-state index is 0.246. The van der Waals surface area contributed by atoms with Crippen molar-refractivity contribution in [3.8, 4) is 0 Å². The van der Waals surface area contributed by atoms with Crippen LogP contribution in [0.1, 0.15) is 26.1 Å². The Kier molecular flexibility index (Phi) is 3.83. The van der Waals surface area contributed by atoms with Gasteiger partial charge in [0.2, 0.25) is 0 Å². The van der Waals surface area contributed by atoms with Crippen molar-refractivity contribution in [3.05, 3.63) is 24.3 Å². The Labute approximate surface area is 78.9 Å². The molecule has 1 N–H and O–H groups in total. The maximum absolute atomic E-state index is 9.53. The summed E-state index contributed by atoms with van der Waals surface area (Å²) in [6, 6.07) is 1.79. The first kappa shape index (κ1) is 10.1. The third-order valence-electron chi connectivity index (χ3n) is 2.05. The first-order valence-electron chi connectivity index (χ1n) is 4.64. The largest absolute Gasteiger partial charge is 0.393 e. The fourth-order valence-corrected chi connectivity index (χ4v) is 1.07. The Morgan fingerprint density at radius 3 is 2.46 bits per heavy atom. The van der Waals surface area contributed by atoms with Crippen LogP contribution in [0.2, 0.25) is 0 Å². The average molecular weight is 180 g/mol. The number of nitrogens with zero attached hydrogens (tertiary/aromatic N) is 2. The fourth-order valence-electron chi connectivity index (χ4n) is 1.07. The number of rotatable bonds is 4. The molecule has 1 heterocycles. The van der Waals surface area contributed by atoms with E-state index in [4.69, 9.17) is 0 Å². The molecule has 0 fully saturated rings. The van der Waals surface area contributed by atoms with Gasteiger partial charge in [0.05, 0.1) is 6.10 Å². The minimum Gasteiger partial charge on any atom is -0.393 e. The lowest BCUT2D eigenvalue weighted by molar-refractivity contribution is 0.116. The molecule has 1 atom stereocenters. The van der Waals surface area contributed by atoms with Crippen LogP contribution in [-0.4, -0.2) is 21.2 Å². The van der Waals surface area contributed by atoms with E-state index in [1.165, 1.54) is 0 Å². The molecule has 0 amide bonds. The summed E-state index contributed by atoms with van der Waals surface area (Å²) in [5.41, 5.74) is 0. The van der Waals surface area contributed by atoms with E-state index in [-0.39, 0.29) is 6.10 Å². The molecule has 13 heavy (non-hydrogen) atoms. The number of aromatic nitrogens is 2. The van der Waals surface area contributed by atoms with Crippen LogP contribution in [0.25, 0.3) is 0 Å². The molecule has 1 rings (SSSR count). The van der Waals surface area contributed by atoms with Crippen molar-refractivity contribution in [3.63, 3.8) is 0 Å². The van der Waals surface area contributed by atoms with E-state index in [2.05, 4.69) is 9.97 Å². The number of aliphatic hydroxyl groups is 1. The molecular weight excluding hydrogens is 164 g/mol. The topological polar surface area (TPSA) is 46.0 Å². The third-order valence-corrected chi connectivity index (χ3v) is 2.05. The SMILES string of the molecule is CC(C)C(O)CCc1ncccn1. The Morgan fingerprint density at radius 1 is 1.31 bits per heavy atom.